The predicted octanol–water partition coefficient (Wildman–Crippen LogP) is 1.31. The Bertz CT molecular complexity index is 293. The molecule has 0 bridgehead atoms. The molecule has 0 aromatic carbocycles. The first-order chi connectivity index (χ1) is 6.15. The van der Waals surface area contributed by atoms with Crippen molar-refractivity contribution in [3.63, 3.8) is 0 Å². The van der Waals surface area contributed by atoms with E-state index in [0.29, 0.717) is 5.03 Å². The highest BCUT2D eigenvalue weighted by molar-refractivity contribution is 6.36. The minimum Gasteiger partial charge on any atom is -0.277 e. The van der Waals surface area contributed by atoms with Gasteiger partial charge in [-0.05, 0) is 6.42 Å². The number of nitrogens with zero attached hydrogens (tertiary/aromatic N) is 1. The van der Waals surface area contributed by atoms with Gasteiger partial charge in [0.25, 0.3) is 0 Å². The molecule has 0 N–H and O–H groups in total. The van der Waals surface area contributed by atoms with Crippen molar-refractivity contribution in [3.8, 4) is 0 Å². The monoisotopic (exact) mass is 219 g/mol. The zero-order chi connectivity index (χ0) is 9.59. The molecular weight excluding hydrogens is 213 g/mol. The smallest absolute Gasteiger partial charge is 0.233 e. The van der Waals surface area contributed by atoms with E-state index in [1.807, 2.05) is 0 Å². The molecule has 70 valence electrons. The molecule has 2 rings (SSSR count). The van der Waals surface area contributed by atoms with Gasteiger partial charge in [0.15, 0.2) is 0 Å². The first-order valence-corrected chi connectivity index (χ1v) is 4.76. The number of imide groups is 1. The molecule has 0 spiro atoms. The van der Waals surface area contributed by atoms with Crippen LogP contribution in [0.1, 0.15) is 6.42 Å². The van der Waals surface area contributed by atoms with Gasteiger partial charge in [0.2, 0.25) is 11.8 Å². The molecule has 2 fully saturated rings. The summed E-state index contributed by atoms with van der Waals surface area (Å²) >= 11 is 11.0. The van der Waals surface area contributed by atoms with Gasteiger partial charge in [0.05, 0.1) is 18.4 Å². The van der Waals surface area contributed by atoms with Crippen LogP contribution in [0.3, 0.4) is 0 Å². The first-order valence-electron chi connectivity index (χ1n) is 3.95. The number of amides is 2. The number of piperidine rings is 1. The maximum Gasteiger partial charge on any atom is 0.233 e. The Labute approximate surface area is 85.3 Å². The van der Waals surface area contributed by atoms with Crippen LogP contribution in [0.2, 0.25) is 0 Å². The fourth-order valence-electron chi connectivity index (χ4n) is 1.59. The van der Waals surface area contributed by atoms with E-state index in [9.17, 15) is 9.59 Å². The van der Waals surface area contributed by atoms with Gasteiger partial charge in [0.1, 0.15) is 0 Å². The molecule has 1 aliphatic carbocycles. The van der Waals surface area contributed by atoms with Crippen molar-refractivity contribution in [3.05, 3.63) is 10.6 Å². The molecule has 0 radical (unpaired) electrons. The van der Waals surface area contributed by atoms with Gasteiger partial charge >= 0.3 is 0 Å². The molecule has 5 heteroatoms. The average Bonchev–Trinajstić information content (AvgIpc) is 2.86. The number of likely N-dealkylation sites (tertiary alicyclic amines) is 1. The summed E-state index contributed by atoms with van der Waals surface area (Å²) in [6.45, 7) is 0.121. The second kappa shape index (κ2) is 3.00. The van der Waals surface area contributed by atoms with Crippen LogP contribution in [0.4, 0.5) is 0 Å². The molecule has 1 aliphatic heterocycles. The predicted molar refractivity (Wildman–Crippen MR) is 48.1 cm³/mol. The van der Waals surface area contributed by atoms with Crippen LogP contribution < -0.4 is 0 Å². The molecule has 3 nitrogen and oxygen atoms in total. The number of hydrogen-bond acceptors (Lipinski definition) is 2. The number of carbonyl (C=O) groups excluding carboxylic acids is 2. The third-order valence-corrected chi connectivity index (χ3v) is 2.99. The third-order valence-electron chi connectivity index (χ3n) is 2.38. The third kappa shape index (κ3) is 1.36. The molecule has 1 heterocycles. The Hall–Kier alpha value is -0.540. The van der Waals surface area contributed by atoms with Gasteiger partial charge in [-0.25, -0.2) is 0 Å². The molecular formula is C8H7Cl2NO2. The summed E-state index contributed by atoms with van der Waals surface area (Å²) in [5.74, 6) is -0.335. The van der Waals surface area contributed by atoms with Crippen LogP contribution in [0.25, 0.3) is 0 Å². The van der Waals surface area contributed by atoms with Crippen molar-refractivity contribution in [1.29, 1.82) is 0 Å². The number of rotatable bonds is 2. The largest absolute Gasteiger partial charge is 0.277 e. The SMILES string of the molecule is O=C1C2CC2C(=O)N1C/C(Cl)=C\Cl. The molecule has 13 heavy (non-hydrogen) atoms. The summed E-state index contributed by atoms with van der Waals surface area (Å²) in [7, 11) is 0. The van der Waals surface area contributed by atoms with Crippen LogP contribution in [-0.4, -0.2) is 23.3 Å². The van der Waals surface area contributed by atoms with Crippen LogP contribution >= 0.6 is 23.2 Å². The summed E-state index contributed by atoms with van der Waals surface area (Å²) in [6, 6.07) is 0. The van der Waals surface area contributed by atoms with Gasteiger partial charge < -0.3 is 0 Å². The van der Waals surface area contributed by atoms with Gasteiger partial charge in [-0.1, -0.05) is 23.2 Å². The van der Waals surface area contributed by atoms with Crippen molar-refractivity contribution in [2.75, 3.05) is 6.54 Å². The van der Waals surface area contributed by atoms with Crippen molar-refractivity contribution >= 4 is 35.0 Å². The van der Waals surface area contributed by atoms with E-state index in [1.165, 1.54) is 10.4 Å². The number of hydrogen-bond donors (Lipinski definition) is 0. The standard InChI is InChI=1S/C8H7Cl2NO2/c9-2-4(10)3-11-7(12)5-1-6(5)8(11)13/h2,5-6H,1,3H2/b4-2+. The van der Waals surface area contributed by atoms with Crippen LogP contribution in [-0.2, 0) is 9.59 Å². The van der Waals surface area contributed by atoms with E-state index < -0.39 is 0 Å². The quantitative estimate of drug-likeness (QED) is 0.658. The minimum absolute atomic E-state index is 0.0627. The fourth-order valence-corrected chi connectivity index (χ4v) is 1.78. The normalized spacial score (nSPS) is 32.5. The highest BCUT2D eigenvalue weighted by Gasteiger charge is 2.58. The Kier molecular flexibility index (Phi) is 2.08. The number of fused-ring (bicyclic) bond motifs is 1. The van der Waals surface area contributed by atoms with Crippen LogP contribution in [0.15, 0.2) is 10.6 Å². The van der Waals surface area contributed by atoms with Crippen LogP contribution in [0, 0.1) is 11.8 Å². The number of carbonyl (C=O) groups is 2. The Morgan fingerprint density at radius 1 is 1.46 bits per heavy atom. The molecule has 0 aromatic rings. The van der Waals surface area contributed by atoms with E-state index in [4.69, 9.17) is 23.2 Å². The van der Waals surface area contributed by atoms with Crippen molar-refractivity contribution in [2.24, 2.45) is 11.8 Å². The minimum atomic E-state index is -0.105. The molecule has 2 amide bonds. The molecule has 2 aliphatic rings. The second-order valence-corrected chi connectivity index (χ2v) is 3.97. The lowest BCUT2D eigenvalue weighted by atomic mass is 10.4. The zero-order valence-corrected chi connectivity index (χ0v) is 8.18. The molecule has 2 atom stereocenters. The summed E-state index contributed by atoms with van der Waals surface area (Å²) in [6.07, 6.45) is 0.719. The number of halogens is 2. The lowest BCUT2D eigenvalue weighted by Crippen LogP contribution is -2.33. The van der Waals surface area contributed by atoms with E-state index in [-0.39, 0.29) is 30.2 Å². The van der Waals surface area contributed by atoms with Crippen molar-refractivity contribution < 1.29 is 9.59 Å². The van der Waals surface area contributed by atoms with E-state index in [1.54, 1.807) is 0 Å². The highest BCUT2D eigenvalue weighted by Crippen LogP contribution is 2.47. The summed E-state index contributed by atoms with van der Waals surface area (Å²) in [4.78, 5) is 24.0. The molecule has 2 unspecified atom stereocenters. The van der Waals surface area contributed by atoms with E-state index >= 15 is 0 Å². The van der Waals surface area contributed by atoms with Crippen LogP contribution in [0.5, 0.6) is 0 Å². The van der Waals surface area contributed by atoms with Gasteiger partial charge in [-0.2, -0.15) is 0 Å². The molecule has 1 saturated carbocycles. The Morgan fingerprint density at radius 2 is 2.00 bits per heavy atom. The topological polar surface area (TPSA) is 37.4 Å². The first kappa shape index (κ1) is 9.03. The van der Waals surface area contributed by atoms with Gasteiger partial charge in [-0.15, -0.1) is 0 Å². The van der Waals surface area contributed by atoms with Crippen molar-refractivity contribution in [1.82, 2.24) is 4.90 Å². The van der Waals surface area contributed by atoms with Crippen molar-refractivity contribution in [2.45, 2.75) is 6.42 Å². The summed E-state index contributed by atoms with van der Waals surface area (Å²) in [5, 5.41) is 0.310. The molecule has 1 saturated heterocycles. The maximum atomic E-state index is 11.4. The van der Waals surface area contributed by atoms with E-state index in [2.05, 4.69) is 0 Å². The lowest BCUT2D eigenvalue weighted by Gasteiger charge is -2.14. The fraction of sp³-hybridized carbons (Fsp3) is 0.500. The molecule has 0 aromatic heterocycles. The highest BCUT2D eigenvalue weighted by atomic mass is 35.5. The Balaban J connectivity index is 2.08. The second-order valence-electron chi connectivity index (χ2n) is 3.27. The lowest BCUT2D eigenvalue weighted by molar-refractivity contribution is -0.140. The van der Waals surface area contributed by atoms with E-state index in [0.717, 1.165) is 6.42 Å². The average molecular weight is 220 g/mol. The summed E-state index contributed by atoms with van der Waals surface area (Å²) < 4.78 is 0. The Morgan fingerprint density at radius 3 is 2.46 bits per heavy atom. The summed E-state index contributed by atoms with van der Waals surface area (Å²) in [5.41, 5.74) is 1.17. The maximum absolute atomic E-state index is 11.4. The van der Waals surface area contributed by atoms with Gasteiger partial charge in [0, 0.05) is 10.6 Å². The van der Waals surface area contributed by atoms with Gasteiger partial charge in [-0.3, -0.25) is 14.5 Å². The zero-order valence-electron chi connectivity index (χ0n) is 6.67.